The number of amides is 4. The van der Waals surface area contributed by atoms with E-state index in [4.69, 9.17) is 19.2 Å². The number of hydrogen-bond donors (Lipinski definition) is 4. The summed E-state index contributed by atoms with van der Waals surface area (Å²) in [5.41, 5.74) is 17.1. The molecule has 0 saturated carbocycles. The van der Waals surface area contributed by atoms with Crippen LogP contribution in [0.2, 0.25) is 0 Å². The molecule has 13 heteroatoms. The minimum absolute atomic E-state index is 0. The molecule has 0 bridgehead atoms. The van der Waals surface area contributed by atoms with Crippen LogP contribution in [0.15, 0.2) is 0 Å². The Hall–Kier alpha value is -0.318. The van der Waals surface area contributed by atoms with E-state index < -0.39 is 21.0 Å². The smallest absolute Gasteiger partial charge is 0.719 e. The Kier molecular flexibility index (Phi) is 43.8. The number of carbonyl (C=O) groups is 4. The van der Waals surface area contributed by atoms with E-state index >= 15 is 0 Å². The second-order valence-electron chi connectivity index (χ2n) is 1.28. The first-order valence-corrected chi connectivity index (χ1v) is 4.42. The minimum atomic E-state index is -0.750. The van der Waals surface area contributed by atoms with Gasteiger partial charge in [-0.3, -0.25) is 0 Å². The third-order valence-electron chi connectivity index (χ3n) is 0. The van der Waals surface area contributed by atoms with E-state index in [1.54, 1.807) is 0 Å². The molecule has 0 aliphatic heterocycles. The molecule has 0 spiro atoms. The van der Waals surface area contributed by atoms with Crippen molar-refractivity contribution in [3.63, 3.8) is 0 Å². The van der Waals surface area contributed by atoms with E-state index in [-0.39, 0.29) is 27.3 Å². The summed E-state index contributed by atoms with van der Waals surface area (Å²) < 4.78 is 0. The van der Waals surface area contributed by atoms with Crippen LogP contribution in [0.4, 0.5) is 19.2 Å². The maximum atomic E-state index is 9.04. The second-order valence-corrected chi connectivity index (χ2v) is 2.89. The standard InChI is InChI=1S/4CH3NOS.Pb/c4*2-1(3)4;/h4*(H3,2,3,4);/q;;;;+4/p-4. The average molecular weight is 512 g/mol. The molecule has 0 heterocycles. The summed E-state index contributed by atoms with van der Waals surface area (Å²) >= 11 is 15.0. The minimum Gasteiger partial charge on any atom is -0.719 e. The van der Waals surface area contributed by atoms with Gasteiger partial charge in [-0.15, -0.1) is 0 Å². The number of primary amides is 4. The average Bonchev–Trinajstić information content (AvgIpc) is 1.76. The van der Waals surface area contributed by atoms with Crippen LogP contribution in [-0.2, 0) is 50.5 Å². The maximum absolute atomic E-state index is 9.04. The van der Waals surface area contributed by atoms with Crippen molar-refractivity contribution in [3.8, 4) is 0 Å². The van der Waals surface area contributed by atoms with Gasteiger partial charge < -0.3 is 92.6 Å². The summed E-state index contributed by atoms with van der Waals surface area (Å²) in [7, 11) is 0. The summed E-state index contributed by atoms with van der Waals surface area (Å²) in [5, 5.41) is -3.00. The third-order valence-corrected chi connectivity index (χ3v) is 0. The molecular weight excluding hydrogens is 504 g/mol. The van der Waals surface area contributed by atoms with Crippen molar-refractivity contribution >= 4 is 98.8 Å². The van der Waals surface area contributed by atoms with E-state index in [1.807, 2.05) is 0 Å². The molecule has 17 heavy (non-hydrogen) atoms. The van der Waals surface area contributed by atoms with Gasteiger partial charge in [0, 0.05) is 0 Å². The van der Waals surface area contributed by atoms with E-state index in [0.717, 1.165) is 0 Å². The third kappa shape index (κ3) is 29000. The molecule has 0 fully saturated rings. The predicted molar refractivity (Wildman–Crippen MR) is 73.5 cm³/mol. The van der Waals surface area contributed by atoms with Crippen molar-refractivity contribution in [1.82, 2.24) is 0 Å². The van der Waals surface area contributed by atoms with E-state index in [9.17, 15) is 0 Å². The number of rotatable bonds is 0. The van der Waals surface area contributed by atoms with Gasteiger partial charge in [-0.2, -0.15) is 0 Å². The van der Waals surface area contributed by atoms with Crippen LogP contribution in [0.5, 0.6) is 0 Å². The molecule has 8 N–H and O–H groups in total. The SMILES string of the molecule is NC(=O)[S-].NC(=O)[S-].NC(=O)[S-].NC(=O)[S-].[Pb+4]. The molecule has 4 amide bonds. The van der Waals surface area contributed by atoms with Gasteiger partial charge in [0.05, 0.1) is 21.0 Å². The first-order chi connectivity index (χ1) is 6.93. The second kappa shape index (κ2) is 24.8. The molecule has 0 aromatic rings. The number of nitrogens with two attached hydrogens (primary N) is 4. The monoisotopic (exact) mass is 512 g/mol. The summed E-state index contributed by atoms with van der Waals surface area (Å²) in [6.45, 7) is 0. The molecule has 0 aliphatic carbocycles. The Morgan fingerprint density at radius 3 is 0.529 bits per heavy atom. The van der Waals surface area contributed by atoms with Gasteiger partial charge in [-0.05, 0) is 0 Å². The molecular formula is C4H8N4O4PbS4. The van der Waals surface area contributed by atoms with Crippen LogP contribution >= 0.6 is 0 Å². The van der Waals surface area contributed by atoms with Gasteiger partial charge in [-0.1, -0.05) is 0 Å². The Morgan fingerprint density at radius 2 is 0.529 bits per heavy atom. The summed E-state index contributed by atoms with van der Waals surface area (Å²) in [4.78, 5) is 36.1. The summed E-state index contributed by atoms with van der Waals surface area (Å²) in [6, 6.07) is 0. The zero-order valence-corrected chi connectivity index (χ0v) is 15.2. The van der Waals surface area contributed by atoms with Crippen LogP contribution in [0.25, 0.3) is 0 Å². The molecule has 96 valence electrons. The van der Waals surface area contributed by atoms with Gasteiger partial charge in [-0.25, -0.2) is 0 Å². The van der Waals surface area contributed by atoms with E-state index in [2.05, 4.69) is 73.4 Å². The van der Waals surface area contributed by atoms with E-state index in [0.29, 0.717) is 0 Å². The topological polar surface area (TPSA) is 172 Å². The zero-order valence-electron chi connectivity index (χ0n) is 8.08. The summed E-state index contributed by atoms with van der Waals surface area (Å²) in [5.74, 6) is 0. The molecule has 0 unspecified atom stereocenters. The first kappa shape index (κ1) is 30.1. The van der Waals surface area contributed by atoms with Crippen LogP contribution in [0.3, 0.4) is 0 Å². The van der Waals surface area contributed by atoms with Crippen molar-refractivity contribution in [1.29, 1.82) is 0 Å². The van der Waals surface area contributed by atoms with E-state index in [1.165, 1.54) is 0 Å². The molecule has 0 radical (unpaired) electrons. The normalized spacial score (nSPS) is 5.65. The zero-order chi connectivity index (χ0) is 14.3. The van der Waals surface area contributed by atoms with Crippen LogP contribution in [-0.4, -0.2) is 48.3 Å². The van der Waals surface area contributed by atoms with Gasteiger partial charge in [0.15, 0.2) is 0 Å². The Labute approximate surface area is 140 Å². The molecule has 0 aromatic carbocycles. The molecule has 0 aliphatic rings. The van der Waals surface area contributed by atoms with Crippen LogP contribution < -0.4 is 22.9 Å². The number of carbonyl (C=O) groups excluding carboxylic acids is 4. The van der Waals surface area contributed by atoms with Gasteiger partial charge in [0.25, 0.3) is 0 Å². The van der Waals surface area contributed by atoms with Crippen molar-refractivity contribution < 1.29 is 19.2 Å². The quantitative estimate of drug-likeness (QED) is 0.215. The van der Waals surface area contributed by atoms with Crippen molar-refractivity contribution in [2.45, 2.75) is 0 Å². The van der Waals surface area contributed by atoms with Gasteiger partial charge in [0.1, 0.15) is 0 Å². The fourth-order valence-corrected chi connectivity index (χ4v) is 0. The molecule has 0 aromatic heterocycles. The Balaban J connectivity index is -0.0000000369. The van der Waals surface area contributed by atoms with Crippen molar-refractivity contribution in [2.75, 3.05) is 0 Å². The molecule has 0 rings (SSSR count). The Morgan fingerprint density at radius 1 is 0.529 bits per heavy atom. The molecule has 0 atom stereocenters. The van der Waals surface area contributed by atoms with Crippen molar-refractivity contribution in [3.05, 3.63) is 0 Å². The van der Waals surface area contributed by atoms with Crippen molar-refractivity contribution in [2.24, 2.45) is 22.9 Å². The fourth-order valence-electron chi connectivity index (χ4n) is 0. The van der Waals surface area contributed by atoms with Gasteiger partial charge >= 0.3 is 27.3 Å². The summed E-state index contributed by atoms with van der Waals surface area (Å²) in [6.07, 6.45) is 0. The van der Waals surface area contributed by atoms with Gasteiger partial charge in [0.2, 0.25) is 0 Å². The van der Waals surface area contributed by atoms with Crippen LogP contribution in [0, 0.1) is 0 Å². The molecule has 8 nitrogen and oxygen atoms in total. The van der Waals surface area contributed by atoms with Crippen LogP contribution in [0.1, 0.15) is 0 Å². The largest absolute Gasteiger partial charge is 4.00 e. The first-order valence-electron chi connectivity index (χ1n) is 2.79. The fraction of sp³-hybridized carbons (Fsp3) is 0. The maximum Gasteiger partial charge on any atom is 4.00 e. The predicted octanol–water partition coefficient (Wildman–Crippen LogP) is -1.93. The number of hydrogen-bond acceptors (Lipinski definition) is 8. The molecule has 0 saturated heterocycles. The Bertz CT molecular complexity index is 178.